The molecule has 5 rings (SSSR count). The number of benzene rings is 3. The van der Waals surface area contributed by atoms with E-state index in [2.05, 4.69) is 15.1 Å². The zero-order valence-electron chi connectivity index (χ0n) is 23.8. The molecule has 3 aromatic carbocycles. The molecule has 0 saturated heterocycles. The van der Waals surface area contributed by atoms with Crippen molar-refractivity contribution in [2.45, 2.75) is 40.5 Å². The highest BCUT2D eigenvalue weighted by atomic mass is 16.7. The maximum atomic E-state index is 13.1. The zero-order valence-corrected chi connectivity index (χ0v) is 23.8. The lowest BCUT2D eigenvalue weighted by Gasteiger charge is -2.25. The lowest BCUT2D eigenvalue weighted by Crippen LogP contribution is -2.30. The third-order valence-corrected chi connectivity index (χ3v) is 6.61. The van der Waals surface area contributed by atoms with Crippen molar-refractivity contribution in [2.75, 3.05) is 13.4 Å². The molecule has 2 aromatic heterocycles. The number of aliphatic hydroxyl groups excluding tert-OH is 1. The van der Waals surface area contributed by atoms with Crippen LogP contribution in [0.25, 0.3) is 33.5 Å². The van der Waals surface area contributed by atoms with Gasteiger partial charge < -0.3 is 19.3 Å². The van der Waals surface area contributed by atoms with Crippen LogP contribution in [0.15, 0.2) is 76.0 Å². The minimum absolute atomic E-state index is 0.298. The second-order valence-corrected chi connectivity index (χ2v) is 10.7. The summed E-state index contributed by atoms with van der Waals surface area (Å²) >= 11 is 0. The lowest BCUT2D eigenvalue weighted by atomic mass is 9.96. The quantitative estimate of drug-likeness (QED) is 0.175. The van der Waals surface area contributed by atoms with E-state index in [1.54, 1.807) is 18.2 Å². The Hall–Kier alpha value is -4.74. The van der Waals surface area contributed by atoms with E-state index in [0.717, 1.165) is 22.3 Å². The Labute approximate surface area is 241 Å². The van der Waals surface area contributed by atoms with E-state index in [0.29, 0.717) is 41.6 Å². The number of nitrogens with one attached hydrogen (secondary N) is 1. The summed E-state index contributed by atoms with van der Waals surface area (Å²) in [4.78, 5) is 31.8. The predicted molar refractivity (Wildman–Crippen MR) is 155 cm³/mol. The van der Waals surface area contributed by atoms with E-state index < -0.39 is 30.2 Å². The van der Waals surface area contributed by atoms with Crippen LogP contribution in [0.2, 0.25) is 0 Å². The van der Waals surface area contributed by atoms with Gasteiger partial charge in [-0.05, 0) is 35.7 Å². The Morgan fingerprint density at radius 3 is 2.45 bits per heavy atom. The van der Waals surface area contributed by atoms with Crippen LogP contribution in [0.4, 0.5) is 0 Å². The smallest absolute Gasteiger partial charge is 0.439 e. The summed E-state index contributed by atoms with van der Waals surface area (Å²) in [6.07, 6.45) is -1.09. The molecule has 0 aliphatic heterocycles. The van der Waals surface area contributed by atoms with Gasteiger partial charge in [-0.1, -0.05) is 80.5 Å². The Morgan fingerprint density at radius 1 is 1.05 bits per heavy atom. The van der Waals surface area contributed by atoms with E-state index in [4.69, 9.17) is 18.7 Å². The Morgan fingerprint density at radius 2 is 1.79 bits per heavy atom. The van der Waals surface area contributed by atoms with Crippen LogP contribution in [0.3, 0.4) is 0 Å². The zero-order chi connectivity index (χ0) is 29.9. The first-order chi connectivity index (χ1) is 20.2. The minimum Gasteiger partial charge on any atom is -0.465 e. The second kappa shape index (κ2) is 12.0. The first kappa shape index (κ1) is 28.8. The molecule has 0 saturated carbocycles. The number of hydrogen-bond donors (Lipinski definition) is 2. The van der Waals surface area contributed by atoms with Gasteiger partial charge in [0, 0.05) is 11.0 Å². The molecule has 1 atom stereocenters. The number of nitrogens with zero attached hydrogens (tertiary/aromatic N) is 3. The van der Waals surface area contributed by atoms with Crippen molar-refractivity contribution in [1.29, 1.82) is 0 Å². The Kier molecular flexibility index (Phi) is 8.23. The van der Waals surface area contributed by atoms with Crippen molar-refractivity contribution >= 4 is 17.0 Å². The number of carbonyl (C=O) groups excluding carboxylic acids is 1. The number of imidazole rings is 1. The molecule has 0 radical (unpaired) electrons. The summed E-state index contributed by atoms with van der Waals surface area (Å²) < 4.78 is 23.0. The van der Waals surface area contributed by atoms with E-state index in [1.165, 1.54) is 0 Å². The van der Waals surface area contributed by atoms with Crippen LogP contribution in [0, 0.1) is 5.41 Å². The molecule has 1 unspecified atom stereocenters. The molecule has 0 aliphatic carbocycles. The summed E-state index contributed by atoms with van der Waals surface area (Å²) in [5.74, 6) is -0.876. The molecule has 0 bridgehead atoms. The molecule has 0 amide bonds. The number of H-pyrrole nitrogens is 1. The number of carbonyl (C=O) groups is 1. The van der Waals surface area contributed by atoms with Crippen molar-refractivity contribution in [3.63, 3.8) is 0 Å². The fourth-order valence-corrected chi connectivity index (χ4v) is 4.45. The van der Waals surface area contributed by atoms with Gasteiger partial charge in [0.05, 0.1) is 29.7 Å². The molecule has 218 valence electrons. The number of aliphatic hydroxyl groups is 1. The van der Waals surface area contributed by atoms with Crippen molar-refractivity contribution in [3.8, 4) is 28.5 Å². The van der Waals surface area contributed by atoms with Crippen molar-refractivity contribution in [2.24, 2.45) is 5.41 Å². The van der Waals surface area contributed by atoms with Gasteiger partial charge in [0.15, 0.2) is 18.9 Å². The number of para-hydroxylation sites is 1. The molecule has 11 nitrogen and oxygen atoms in total. The highest BCUT2D eigenvalue weighted by molar-refractivity contribution is 6.02. The number of esters is 1. The van der Waals surface area contributed by atoms with Crippen LogP contribution < -0.4 is 10.5 Å². The molecule has 0 spiro atoms. The monoisotopic (exact) mass is 572 g/mol. The maximum Gasteiger partial charge on any atom is 0.439 e. The fraction of sp³-hybridized carbons (Fsp3) is 0.290. The van der Waals surface area contributed by atoms with E-state index >= 15 is 0 Å². The van der Waals surface area contributed by atoms with Gasteiger partial charge in [-0.2, -0.15) is 4.98 Å². The third-order valence-electron chi connectivity index (χ3n) is 6.61. The molecule has 11 heteroatoms. The van der Waals surface area contributed by atoms with Crippen LogP contribution in [-0.4, -0.2) is 50.5 Å². The van der Waals surface area contributed by atoms with Gasteiger partial charge in [-0.15, -0.1) is 0 Å². The largest absolute Gasteiger partial charge is 0.465 e. The number of fused-ring (bicyclic) bond motifs is 1. The Balaban J connectivity index is 1.43. The van der Waals surface area contributed by atoms with Crippen molar-refractivity contribution in [1.82, 2.24) is 19.7 Å². The summed E-state index contributed by atoms with van der Waals surface area (Å²) in [5, 5.41) is 13.9. The van der Waals surface area contributed by atoms with E-state index in [-0.39, 0.29) is 0 Å². The van der Waals surface area contributed by atoms with Gasteiger partial charge in [0.2, 0.25) is 0 Å². The van der Waals surface area contributed by atoms with Crippen LogP contribution in [0.5, 0.6) is 6.01 Å². The number of aromatic amines is 1. The molecule has 5 aromatic rings. The molecule has 2 N–H and O–H groups in total. The van der Waals surface area contributed by atoms with Crippen LogP contribution in [0.1, 0.15) is 43.6 Å². The molecular weight excluding hydrogens is 540 g/mol. The van der Waals surface area contributed by atoms with Crippen molar-refractivity contribution < 1.29 is 28.6 Å². The molecular formula is C31H32N4O7. The first-order valence-corrected chi connectivity index (χ1v) is 13.5. The molecule has 0 fully saturated rings. The standard InChI is InChI=1S/C31H32N4O7/c1-5-39-29-32-24-12-8-11-23(27(36)40-18-41-28(37)31(2,3)4)25(24)35(29)17-19-13-15-20(16-14-19)21-9-6-7-10-22(21)26-33-30(38)42-34-26/h6-16,28,37H,5,17-18H2,1-4H3,(H,33,34,38). The normalized spacial score (nSPS) is 12.4. The van der Waals surface area contributed by atoms with Crippen LogP contribution >= 0.6 is 0 Å². The fourth-order valence-electron chi connectivity index (χ4n) is 4.45. The predicted octanol–water partition coefficient (Wildman–Crippen LogP) is 4.99. The number of aromatic nitrogens is 4. The van der Waals surface area contributed by atoms with Gasteiger partial charge in [-0.25, -0.2) is 9.59 Å². The van der Waals surface area contributed by atoms with Crippen molar-refractivity contribution in [3.05, 3.63) is 88.4 Å². The van der Waals surface area contributed by atoms with E-state index in [1.807, 2.05) is 80.8 Å². The number of rotatable bonds is 10. The number of hydrogen-bond acceptors (Lipinski definition) is 9. The van der Waals surface area contributed by atoms with E-state index in [9.17, 15) is 14.7 Å². The number of ether oxygens (including phenoxy) is 3. The Bertz CT molecular complexity index is 1750. The average molecular weight is 573 g/mol. The van der Waals surface area contributed by atoms with Gasteiger partial charge in [0.1, 0.15) is 0 Å². The first-order valence-electron chi connectivity index (χ1n) is 13.5. The van der Waals surface area contributed by atoms with Gasteiger partial charge in [0.25, 0.3) is 6.01 Å². The molecule has 0 aliphatic rings. The summed E-state index contributed by atoms with van der Waals surface area (Å²) in [6, 6.07) is 21.0. The second-order valence-electron chi connectivity index (χ2n) is 10.7. The van der Waals surface area contributed by atoms with Gasteiger partial charge >= 0.3 is 11.7 Å². The third kappa shape index (κ3) is 6.12. The summed E-state index contributed by atoms with van der Waals surface area (Å²) in [5.41, 5.74) is 4.38. The SMILES string of the molecule is CCOc1nc2cccc(C(=O)OCOC(O)C(C)(C)C)c2n1Cc1ccc(-c2ccccc2-c2noc(=O)[nH]2)cc1. The summed E-state index contributed by atoms with van der Waals surface area (Å²) in [7, 11) is 0. The lowest BCUT2D eigenvalue weighted by molar-refractivity contribution is -0.197. The highest BCUT2D eigenvalue weighted by Gasteiger charge is 2.24. The minimum atomic E-state index is -1.09. The summed E-state index contributed by atoms with van der Waals surface area (Å²) in [6.45, 7) is 7.68. The topological polar surface area (TPSA) is 142 Å². The highest BCUT2D eigenvalue weighted by Crippen LogP contribution is 2.31. The maximum absolute atomic E-state index is 13.1. The average Bonchev–Trinajstić information content (AvgIpc) is 3.56. The van der Waals surface area contributed by atoms with Gasteiger partial charge in [-0.3, -0.25) is 14.1 Å². The molecule has 2 heterocycles. The molecule has 42 heavy (non-hydrogen) atoms. The van der Waals surface area contributed by atoms with Crippen LogP contribution in [-0.2, 0) is 16.0 Å².